The van der Waals surface area contributed by atoms with Crippen LogP contribution in [0.5, 0.6) is 0 Å². The lowest BCUT2D eigenvalue weighted by molar-refractivity contribution is -0.161. The molecule has 0 aliphatic heterocycles. The van der Waals surface area contributed by atoms with E-state index >= 15 is 0 Å². The summed E-state index contributed by atoms with van der Waals surface area (Å²) in [6.07, 6.45) is 68.7. The third-order valence-electron chi connectivity index (χ3n) is 15.1. The molecule has 17 nitrogen and oxygen atoms in total. The fourth-order valence-corrected chi connectivity index (χ4v) is 11.1. The van der Waals surface area contributed by atoms with Gasteiger partial charge in [0.2, 0.25) is 0 Å². The van der Waals surface area contributed by atoms with Gasteiger partial charge in [0.25, 0.3) is 0 Å². The lowest BCUT2D eigenvalue weighted by atomic mass is 10.1. The molecule has 0 radical (unpaired) electrons. The Kier molecular flexibility index (Phi) is 64.7. The number of aliphatic hydroxyl groups is 1. The first-order valence-corrected chi connectivity index (χ1v) is 39.5. The molecule has 542 valence electrons. The third kappa shape index (κ3) is 66.6. The Morgan fingerprint density at radius 2 is 0.596 bits per heavy atom. The summed E-state index contributed by atoms with van der Waals surface area (Å²) in [5.41, 5.74) is 0. The molecule has 0 rings (SSSR count). The quantitative estimate of drug-likeness (QED) is 0.0169. The van der Waals surface area contributed by atoms with Gasteiger partial charge >= 0.3 is 39.5 Å². The summed E-state index contributed by atoms with van der Waals surface area (Å²) in [4.78, 5) is 72.6. The van der Waals surface area contributed by atoms with Crippen molar-refractivity contribution in [3.8, 4) is 0 Å². The molecule has 0 aromatic heterocycles. The van der Waals surface area contributed by atoms with Crippen LogP contribution in [0.15, 0.2) is 97.2 Å². The maximum atomic E-state index is 13.0. The minimum atomic E-state index is -4.99. The van der Waals surface area contributed by atoms with Gasteiger partial charge in [0.1, 0.15) is 19.3 Å². The molecule has 0 spiro atoms. The van der Waals surface area contributed by atoms with Gasteiger partial charge in [-0.3, -0.25) is 37.3 Å². The van der Waals surface area contributed by atoms with E-state index in [1.165, 1.54) is 83.5 Å². The number of hydrogen-bond acceptors (Lipinski definition) is 15. The van der Waals surface area contributed by atoms with Crippen LogP contribution in [0.1, 0.15) is 297 Å². The number of ether oxygens (including phenoxy) is 4. The van der Waals surface area contributed by atoms with Gasteiger partial charge in [0, 0.05) is 19.3 Å². The van der Waals surface area contributed by atoms with Crippen molar-refractivity contribution in [3.05, 3.63) is 97.2 Å². The van der Waals surface area contributed by atoms with Crippen molar-refractivity contribution >= 4 is 39.5 Å². The van der Waals surface area contributed by atoms with Gasteiger partial charge in [-0.25, -0.2) is 9.13 Å². The van der Waals surface area contributed by atoms with E-state index in [9.17, 15) is 43.2 Å². The minimum Gasteiger partial charge on any atom is -0.462 e. The summed E-state index contributed by atoms with van der Waals surface area (Å²) in [7, 11) is -9.96. The van der Waals surface area contributed by atoms with E-state index in [2.05, 4.69) is 101 Å². The Labute approximate surface area is 569 Å². The number of carbonyl (C=O) groups is 4. The maximum absolute atomic E-state index is 13.0. The normalized spacial score (nSPS) is 14.6. The molecule has 0 aliphatic rings. The molecule has 94 heavy (non-hydrogen) atoms. The molecule has 0 aromatic rings. The summed E-state index contributed by atoms with van der Waals surface area (Å²) < 4.78 is 68.2. The molecule has 0 aromatic carbocycles. The monoisotopic (exact) mass is 1360 g/mol. The highest BCUT2D eigenvalue weighted by Gasteiger charge is 2.30. The third-order valence-corrected chi connectivity index (χ3v) is 17.0. The molecule has 0 fully saturated rings. The molecule has 0 aliphatic carbocycles. The van der Waals surface area contributed by atoms with Gasteiger partial charge in [-0.1, -0.05) is 260 Å². The number of hydrogen-bond donors (Lipinski definition) is 3. The van der Waals surface area contributed by atoms with Crippen LogP contribution in [0, 0.1) is 0 Å². The highest BCUT2D eigenvalue weighted by Crippen LogP contribution is 2.45. The lowest BCUT2D eigenvalue weighted by Crippen LogP contribution is -2.30. The molecule has 0 saturated carbocycles. The smallest absolute Gasteiger partial charge is 0.462 e. The zero-order valence-corrected chi connectivity index (χ0v) is 60.7. The zero-order valence-electron chi connectivity index (χ0n) is 58.9. The van der Waals surface area contributed by atoms with Gasteiger partial charge in [-0.2, -0.15) is 0 Å². The van der Waals surface area contributed by atoms with Crippen LogP contribution >= 0.6 is 15.6 Å². The van der Waals surface area contributed by atoms with E-state index in [1.54, 1.807) is 6.08 Å². The van der Waals surface area contributed by atoms with Crippen LogP contribution in [0.25, 0.3) is 0 Å². The Bertz CT molecular complexity index is 2170. The molecule has 5 atom stereocenters. The number of allylic oxidation sites excluding steroid dienone is 15. The van der Waals surface area contributed by atoms with Crippen LogP contribution in [-0.2, 0) is 65.4 Å². The Morgan fingerprint density at radius 1 is 0.319 bits per heavy atom. The number of phosphoric acid groups is 2. The topological polar surface area (TPSA) is 237 Å². The van der Waals surface area contributed by atoms with Gasteiger partial charge < -0.3 is 33.8 Å². The van der Waals surface area contributed by atoms with Gasteiger partial charge in [-0.05, 0) is 109 Å². The summed E-state index contributed by atoms with van der Waals surface area (Å²) in [6.45, 7) is 4.57. The average Bonchev–Trinajstić information content (AvgIpc) is 1.35. The summed E-state index contributed by atoms with van der Waals surface area (Å²) in [6, 6.07) is 0. The van der Waals surface area contributed by atoms with Crippen LogP contribution in [0.4, 0.5) is 0 Å². The molecule has 0 amide bonds. The highest BCUT2D eigenvalue weighted by molar-refractivity contribution is 7.47. The predicted molar refractivity (Wildman–Crippen MR) is 381 cm³/mol. The second-order valence-electron chi connectivity index (χ2n) is 24.2. The van der Waals surface area contributed by atoms with Crippen molar-refractivity contribution in [1.29, 1.82) is 0 Å². The number of esters is 4. The van der Waals surface area contributed by atoms with E-state index in [0.717, 1.165) is 135 Å². The number of phosphoric ester groups is 2. The Hall–Kier alpha value is -4.02. The summed E-state index contributed by atoms with van der Waals surface area (Å²) >= 11 is 0. The maximum Gasteiger partial charge on any atom is 0.472 e. The van der Waals surface area contributed by atoms with Crippen LogP contribution in [-0.4, -0.2) is 96.7 Å². The first-order chi connectivity index (χ1) is 45.7. The SMILES string of the molecule is CC/C=C\C/C=C\C/C=C\C/C=C\C/C=C\CC(=O)OCC(COP(=O)(O)OCC(O)COP(=O)(O)OCC(COC(=O)CCCCCCC/C=C\C/C=C\CCCCC)OC(=O)CCCCCCC/C=C\CCCCCC)OC(=O)CCCCCCCCCCCCC. The van der Waals surface area contributed by atoms with Crippen LogP contribution in [0.3, 0.4) is 0 Å². The first-order valence-electron chi connectivity index (χ1n) is 36.5. The number of rotatable bonds is 68. The molecule has 0 bridgehead atoms. The van der Waals surface area contributed by atoms with Crippen molar-refractivity contribution in [3.63, 3.8) is 0 Å². The lowest BCUT2D eigenvalue weighted by Gasteiger charge is -2.21. The fraction of sp³-hybridized carbons (Fsp3) is 0.733. The van der Waals surface area contributed by atoms with Gasteiger partial charge in [-0.15, -0.1) is 0 Å². The fourth-order valence-electron chi connectivity index (χ4n) is 9.49. The highest BCUT2D eigenvalue weighted by atomic mass is 31.2. The first kappa shape index (κ1) is 90.0. The molecular weight excluding hydrogens is 1230 g/mol. The minimum absolute atomic E-state index is 0.0692. The van der Waals surface area contributed by atoms with Crippen LogP contribution in [0.2, 0.25) is 0 Å². The van der Waals surface area contributed by atoms with E-state index in [1.807, 2.05) is 18.2 Å². The Morgan fingerprint density at radius 3 is 0.989 bits per heavy atom. The van der Waals surface area contributed by atoms with Crippen molar-refractivity contribution < 1.29 is 80.2 Å². The molecule has 0 saturated heterocycles. The van der Waals surface area contributed by atoms with E-state index in [-0.39, 0.29) is 25.7 Å². The number of aliphatic hydroxyl groups excluding tert-OH is 1. The molecule has 0 heterocycles. The van der Waals surface area contributed by atoms with E-state index in [4.69, 9.17) is 37.0 Å². The number of carbonyl (C=O) groups excluding carboxylic acids is 4. The summed E-state index contributed by atoms with van der Waals surface area (Å²) in [5.74, 6) is -2.34. The van der Waals surface area contributed by atoms with E-state index < -0.39 is 97.5 Å². The average molecular weight is 1370 g/mol. The Balaban J connectivity index is 5.39. The standard InChI is InChI=1S/C75H130O17P2/c1-5-9-13-17-21-25-29-32-34-37-40-43-47-51-55-59-72(77)85-65-70(91-74(79)61-57-53-49-45-39-28-24-20-16-12-8-4)67-89-93(81,82)87-63-69(76)64-88-94(83,84)90-68-71(92-75(80)62-58-54-50-46-42-36-31-27-23-19-15-11-7-3)66-86-73(78)60-56-52-48-44-41-38-35-33-30-26-22-18-14-10-6-2/h9,13,21-22,25-27,31-35,40,43,51,55,69-71,76H,5-8,10-12,14-20,23-24,28-30,36-39,41-42,44-50,52-54,56-68H2,1-4H3,(H,81,82)(H,83,84)/b13-9-,25-21-,26-22-,31-27-,34-32-,35-33-,43-40-,55-51-. The number of unbranched alkanes of at least 4 members (excludes halogenated alkanes) is 27. The largest absolute Gasteiger partial charge is 0.472 e. The molecular formula is C75H130O17P2. The van der Waals surface area contributed by atoms with Crippen molar-refractivity contribution in [2.24, 2.45) is 0 Å². The van der Waals surface area contributed by atoms with Crippen molar-refractivity contribution in [1.82, 2.24) is 0 Å². The van der Waals surface area contributed by atoms with Gasteiger partial charge in [0.05, 0.1) is 32.8 Å². The molecule has 5 unspecified atom stereocenters. The summed E-state index contributed by atoms with van der Waals surface area (Å²) in [5, 5.41) is 10.6. The van der Waals surface area contributed by atoms with Gasteiger partial charge in [0.15, 0.2) is 12.2 Å². The van der Waals surface area contributed by atoms with Crippen molar-refractivity contribution in [2.75, 3.05) is 39.6 Å². The second-order valence-corrected chi connectivity index (χ2v) is 27.1. The molecule has 3 N–H and O–H groups in total. The predicted octanol–water partition coefficient (Wildman–Crippen LogP) is 20.4. The second kappa shape index (κ2) is 67.5. The zero-order chi connectivity index (χ0) is 69.0. The molecule has 19 heteroatoms. The van der Waals surface area contributed by atoms with Crippen molar-refractivity contribution in [2.45, 2.75) is 316 Å². The van der Waals surface area contributed by atoms with E-state index in [0.29, 0.717) is 25.7 Å². The van der Waals surface area contributed by atoms with Crippen LogP contribution < -0.4 is 0 Å².